The van der Waals surface area contributed by atoms with Gasteiger partial charge < -0.3 is 14.9 Å². The van der Waals surface area contributed by atoms with Crippen molar-refractivity contribution < 1.29 is 4.79 Å². The van der Waals surface area contributed by atoms with Gasteiger partial charge in [-0.1, -0.05) is 39.8 Å². The molecule has 1 amide bonds. The highest BCUT2D eigenvalue weighted by Crippen LogP contribution is 2.27. The first-order chi connectivity index (χ1) is 21.8. The fraction of sp³-hybridized carbons (Fsp3) is 0.281. The molecule has 0 aliphatic heterocycles. The predicted molar refractivity (Wildman–Crippen MR) is 187 cm³/mol. The van der Waals surface area contributed by atoms with Gasteiger partial charge in [0.15, 0.2) is 11.6 Å². The summed E-state index contributed by atoms with van der Waals surface area (Å²) in [4.78, 5) is 61.9. The van der Waals surface area contributed by atoms with Gasteiger partial charge in [-0.3, -0.25) is 24.4 Å². The number of rotatable bonds is 7. The minimum atomic E-state index is -0.245. The van der Waals surface area contributed by atoms with Gasteiger partial charge >= 0.3 is 0 Å². The van der Waals surface area contributed by atoms with Gasteiger partial charge in [-0.25, -0.2) is 9.97 Å². The molecule has 0 unspecified atom stereocenters. The van der Waals surface area contributed by atoms with Gasteiger partial charge in [0, 0.05) is 36.2 Å². The number of thiophene rings is 2. The van der Waals surface area contributed by atoms with Crippen LogP contribution >= 0.6 is 38.6 Å². The summed E-state index contributed by atoms with van der Waals surface area (Å²) in [5.41, 5.74) is 2.47. The van der Waals surface area contributed by atoms with Crippen molar-refractivity contribution in [1.82, 2.24) is 34.8 Å². The molecular weight excluding hydrogens is 674 g/mol. The van der Waals surface area contributed by atoms with Crippen LogP contribution in [0.15, 0.2) is 73.6 Å². The Morgan fingerprint density at radius 2 is 1.40 bits per heavy atom. The third-order valence-corrected chi connectivity index (χ3v) is 9.34. The average Bonchev–Trinajstić information content (AvgIpc) is 3.67. The second-order valence-electron chi connectivity index (χ2n) is 9.91. The molecule has 0 fully saturated rings. The van der Waals surface area contributed by atoms with E-state index in [-0.39, 0.29) is 17.0 Å². The summed E-state index contributed by atoms with van der Waals surface area (Å²) >= 11 is 6.00. The highest BCUT2D eigenvalue weighted by molar-refractivity contribution is 9.10. The maximum atomic E-state index is 13.0. The van der Waals surface area contributed by atoms with Crippen LogP contribution in [0, 0.1) is 5.92 Å². The van der Waals surface area contributed by atoms with Crippen LogP contribution in [-0.2, 0) is 0 Å². The molecule has 0 saturated carbocycles. The number of carbonyl (C=O) groups excluding carboxylic acids is 1. The Balaban J connectivity index is 0.000000209. The van der Waals surface area contributed by atoms with Crippen molar-refractivity contribution in [2.24, 2.45) is 5.92 Å². The smallest absolute Gasteiger partial charge is 0.269 e. The van der Waals surface area contributed by atoms with Crippen molar-refractivity contribution in [3.63, 3.8) is 0 Å². The lowest BCUT2D eigenvalue weighted by molar-refractivity contribution is 0.0759. The lowest BCUT2D eigenvalue weighted by Crippen LogP contribution is -2.32. The quantitative estimate of drug-likeness (QED) is 0.176. The maximum absolute atomic E-state index is 13.0. The summed E-state index contributed by atoms with van der Waals surface area (Å²) in [6.07, 6.45) is 4.25. The molecule has 13 heteroatoms. The van der Waals surface area contributed by atoms with Crippen molar-refractivity contribution in [2.45, 2.75) is 41.0 Å². The normalized spacial score (nSPS) is 10.7. The SMILES string of the molecule is CC.CCN(CCC(C)C)C(=O)c1csc2c(=O)[nH]c(-c3ccccn3)nc12.O=c1[nH]c(-c2ccccn2)nc2c(Br)csc12. The summed E-state index contributed by atoms with van der Waals surface area (Å²) in [5.74, 6) is 1.31. The average molecular weight is 709 g/mol. The number of aromatic nitrogens is 6. The zero-order chi connectivity index (χ0) is 32.5. The van der Waals surface area contributed by atoms with Crippen LogP contribution in [0.5, 0.6) is 0 Å². The van der Waals surface area contributed by atoms with Crippen molar-refractivity contribution in [3.8, 4) is 23.0 Å². The highest BCUT2D eigenvalue weighted by Gasteiger charge is 2.21. The molecule has 0 spiro atoms. The minimum absolute atomic E-state index is 0.0792. The molecule has 0 aromatic carbocycles. The molecule has 0 aliphatic rings. The van der Waals surface area contributed by atoms with Gasteiger partial charge in [-0.15, -0.1) is 22.7 Å². The van der Waals surface area contributed by atoms with E-state index in [2.05, 4.69) is 59.7 Å². The number of carbonyl (C=O) groups is 1. The molecule has 0 saturated heterocycles. The second-order valence-corrected chi connectivity index (χ2v) is 12.5. The molecule has 0 aliphatic carbocycles. The van der Waals surface area contributed by atoms with Crippen molar-refractivity contribution in [3.05, 3.63) is 90.3 Å². The van der Waals surface area contributed by atoms with Crippen LogP contribution in [-0.4, -0.2) is 53.8 Å². The molecule has 6 aromatic heterocycles. The monoisotopic (exact) mass is 707 g/mol. The van der Waals surface area contributed by atoms with Gasteiger partial charge in [-0.05, 0) is 59.5 Å². The van der Waals surface area contributed by atoms with Gasteiger partial charge in [-0.2, -0.15) is 0 Å². The van der Waals surface area contributed by atoms with E-state index in [0.717, 1.165) is 10.9 Å². The number of amides is 1. The molecule has 6 rings (SSSR count). The van der Waals surface area contributed by atoms with Crippen molar-refractivity contribution in [1.29, 1.82) is 0 Å². The topological polar surface area (TPSA) is 138 Å². The van der Waals surface area contributed by atoms with Gasteiger partial charge in [0.05, 0.1) is 10.0 Å². The fourth-order valence-corrected chi connectivity index (χ4v) is 6.55. The third kappa shape index (κ3) is 7.96. The van der Waals surface area contributed by atoms with Crippen LogP contribution in [0.25, 0.3) is 43.5 Å². The minimum Gasteiger partial charge on any atom is -0.339 e. The molecule has 234 valence electrons. The Hall–Kier alpha value is -4.07. The Morgan fingerprint density at radius 1 is 0.867 bits per heavy atom. The van der Waals surface area contributed by atoms with Gasteiger partial charge in [0.2, 0.25) is 0 Å². The second kappa shape index (κ2) is 15.8. The summed E-state index contributed by atoms with van der Waals surface area (Å²) in [5, 5.41) is 3.59. The van der Waals surface area contributed by atoms with E-state index >= 15 is 0 Å². The molecule has 0 bridgehead atoms. The van der Waals surface area contributed by atoms with E-state index in [4.69, 9.17) is 0 Å². The Bertz CT molecular complexity index is 1990. The molecule has 2 N–H and O–H groups in total. The Labute approximate surface area is 276 Å². The number of aromatic amines is 2. The fourth-order valence-electron chi connectivity index (χ4n) is 4.22. The first-order valence-corrected chi connectivity index (χ1v) is 17.1. The first kappa shape index (κ1) is 33.8. The number of hydrogen-bond donors (Lipinski definition) is 2. The predicted octanol–water partition coefficient (Wildman–Crippen LogP) is 7.39. The summed E-state index contributed by atoms with van der Waals surface area (Å²) in [6, 6.07) is 10.9. The zero-order valence-electron chi connectivity index (χ0n) is 25.6. The van der Waals surface area contributed by atoms with E-state index < -0.39 is 0 Å². The number of fused-ring (bicyclic) bond motifs is 2. The molecule has 10 nitrogen and oxygen atoms in total. The van der Waals surface area contributed by atoms with Gasteiger partial charge in [0.25, 0.3) is 17.0 Å². The molecule has 6 heterocycles. The van der Waals surface area contributed by atoms with Crippen LogP contribution < -0.4 is 11.1 Å². The summed E-state index contributed by atoms with van der Waals surface area (Å²) in [7, 11) is 0. The number of H-pyrrole nitrogens is 2. The van der Waals surface area contributed by atoms with E-state index in [1.165, 1.54) is 22.7 Å². The summed E-state index contributed by atoms with van der Waals surface area (Å²) in [6.45, 7) is 11.6. The van der Waals surface area contributed by atoms with Crippen molar-refractivity contribution >= 4 is 64.9 Å². The Kier molecular flexibility index (Phi) is 11.9. The van der Waals surface area contributed by atoms with E-state index in [9.17, 15) is 14.4 Å². The lowest BCUT2D eigenvalue weighted by Gasteiger charge is -2.21. The maximum Gasteiger partial charge on any atom is 0.269 e. The number of halogens is 1. The van der Waals surface area contributed by atoms with Crippen LogP contribution in [0.3, 0.4) is 0 Å². The molecule has 0 radical (unpaired) electrons. The highest BCUT2D eigenvalue weighted by atomic mass is 79.9. The number of nitrogens with zero attached hydrogens (tertiary/aromatic N) is 5. The van der Waals surface area contributed by atoms with Crippen LogP contribution in [0.4, 0.5) is 0 Å². The van der Waals surface area contributed by atoms with E-state index in [1.54, 1.807) is 29.9 Å². The van der Waals surface area contributed by atoms with E-state index in [0.29, 0.717) is 68.0 Å². The van der Waals surface area contributed by atoms with Crippen molar-refractivity contribution in [2.75, 3.05) is 13.1 Å². The molecule has 0 atom stereocenters. The molecule has 45 heavy (non-hydrogen) atoms. The van der Waals surface area contributed by atoms with Crippen LogP contribution in [0.2, 0.25) is 0 Å². The number of hydrogen-bond acceptors (Lipinski definition) is 9. The molecular formula is C32H34BrN7O3S2. The standard InChI is InChI=1S/C19H22N4O2S.C11H6BrN3OS.C2H6/c1-4-23(10-8-12(2)3)19(25)13-11-26-16-15(13)21-17(22-18(16)24)14-7-5-6-9-20-14;12-6-5-17-9-8(6)14-10(15-11(9)16)7-3-1-2-4-13-7;1-2/h5-7,9,11-12H,4,8,10H2,1-3H3,(H,21,22,24);1-5H,(H,14,15,16);1-2H3. The Morgan fingerprint density at radius 3 is 1.91 bits per heavy atom. The number of nitrogens with one attached hydrogen (secondary N) is 2. The van der Waals surface area contributed by atoms with E-state index in [1.807, 2.05) is 55.3 Å². The largest absolute Gasteiger partial charge is 0.339 e. The van der Waals surface area contributed by atoms with Crippen LogP contribution in [0.1, 0.15) is 51.4 Å². The van der Waals surface area contributed by atoms with Gasteiger partial charge in [0.1, 0.15) is 31.8 Å². The first-order valence-electron chi connectivity index (χ1n) is 14.6. The summed E-state index contributed by atoms with van der Waals surface area (Å²) < 4.78 is 1.92. The number of pyridine rings is 2. The zero-order valence-corrected chi connectivity index (χ0v) is 28.8. The molecule has 6 aromatic rings. The lowest BCUT2D eigenvalue weighted by atomic mass is 10.1. The third-order valence-electron chi connectivity index (χ3n) is 6.50.